The fraction of sp³-hybridized carbons (Fsp3) is 0. The topological polar surface area (TPSA) is 18.7 Å². The molecule has 0 amide bonds. The minimum Gasteiger partial charge on any atom is -0.309 e. The molecule has 0 atom stereocenters. The van der Waals surface area contributed by atoms with E-state index in [1.165, 1.54) is 131 Å². The van der Waals surface area contributed by atoms with Crippen molar-refractivity contribution in [1.82, 2.24) is 17.9 Å². The van der Waals surface area contributed by atoms with E-state index in [2.05, 4.69) is 212 Å². The highest BCUT2D eigenvalue weighted by atomic mass is 15.0. The lowest BCUT2D eigenvalue weighted by atomic mass is 10.0. The Morgan fingerprint density at radius 2 is 0.517 bits per heavy atom. The normalized spacial score (nSPS) is 12.7. The first-order chi connectivity index (χ1) is 29.8. The Kier molecular flexibility index (Phi) is 5.63. The van der Waals surface area contributed by atoms with Crippen LogP contribution in [0.2, 0.25) is 0 Å². The molecule has 15 aromatic rings. The van der Waals surface area contributed by atoms with Crippen LogP contribution < -0.4 is 0 Å². The molecule has 0 aliphatic rings. The number of rotatable bonds is 2. The average Bonchev–Trinajstić information content (AvgIpc) is 4.04. The first-order valence-electron chi connectivity index (χ1n) is 20.8. The summed E-state index contributed by atoms with van der Waals surface area (Å²) in [6.45, 7) is 0. The molecular formula is C56H32N4. The molecule has 0 aliphatic heterocycles. The number of hydrogen-bond donors (Lipinski definition) is 0. The van der Waals surface area contributed by atoms with Crippen LogP contribution in [0.5, 0.6) is 0 Å². The Morgan fingerprint density at radius 1 is 0.200 bits per heavy atom. The van der Waals surface area contributed by atoms with Crippen LogP contribution in [0.1, 0.15) is 0 Å². The summed E-state index contributed by atoms with van der Waals surface area (Å²) >= 11 is 0. The summed E-state index contributed by atoms with van der Waals surface area (Å²) < 4.78 is 9.99. The maximum Gasteiger partial charge on any atom is 0.0783 e. The SMILES string of the molecule is c1cc(-n2c3ccccc3c3ccccc32)c2ccc3c(c2c1)c1cccc2c1n3c1cccc3c4c5cccc(-n6c7ccccc7c7ccccc76)c5ccc4n2c31. The van der Waals surface area contributed by atoms with Gasteiger partial charge in [-0.2, -0.15) is 0 Å². The predicted octanol–water partition coefficient (Wildman–Crippen LogP) is 14.7. The first-order valence-corrected chi connectivity index (χ1v) is 20.8. The van der Waals surface area contributed by atoms with Crippen LogP contribution in [-0.4, -0.2) is 17.9 Å². The highest BCUT2D eigenvalue weighted by Crippen LogP contribution is 2.46. The third-order valence-corrected chi connectivity index (χ3v) is 13.7. The molecule has 0 spiro atoms. The van der Waals surface area contributed by atoms with Gasteiger partial charge in [0.05, 0.1) is 66.5 Å². The molecule has 0 fully saturated rings. The molecule has 5 heterocycles. The van der Waals surface area contributed by atoms with E-state index in [4.69, 9.17) is 0 Å². The van der Waals surface area contributed by atoms with Crippen LogP contribution in [0.3, 0.4) is 0 Å². The Balaban J connectivity index is 1.05. The van der Waals surface area contributed by atoms with Crippen LogP contribution in [-0.2, 0) is 0 Å². The van der Waals surface area contributed by atoms with Crippen molar-refractivity contribution in [2.24, 2.45) is 0 Å². The van der Waals surface area contributed by atoms with Crippen LogP contribution >= 0.6 is 0 Å². The molecule has 0 aliphatic carbocycles. The molecular weight excluding hydrogens is 729 g/mol. The van der Waals surface area contributed by atoms with Gasteiger partial charge < -0.3 is 17.9 Å². The molecule has 4 heteroatoms. The summed E-state index contributed by atoms with van der Waals surface area (Å²) in [5.41, 5.74) is 14.7. The van der Waals surface area contributed by atoms with Gasteiger partial charge in [-0.1, -0.05) is 133 Å². The molecule has 15 rings (SSSR count). The summed E-state index contributed by atoms with van der Waals surface area (Å²) in [5.74, 6) is 0. The summed E-state index contributed by atoms with van der Waals surface area (Å²) in [7, 11) is 0. The van der Waals surface area contributed by atoms with Crippen LogP contribution in [0.15, 0.2) is 194 Å². The van der Waals surface area contributed by atoms with E-state index < -0.39 is 0 Å². The quantitative estimate of drug-likeness (QED) is 0.156. The monoisotopic (exact) mass is 760 g/mol. The minimum atomic E-state index is 1.20. The Morgan fingerprint density at radius 3 is 0.917 bits per heavy atom. The lowest BCUT2D eigenvalue weighted by Crippen LogP contribution is -1.97. The maximum absolute atomic E-state index is 2.54. The van der Waals surface area contributed by atoms with Gasteiger partial charge in [0.25, 0.3) is 0 Å². The van der Waals surface area contributed by atoms with Gasteiger partial charge in [0, 0.05) is 53.9 Å². The number of hydrogen-bond acceptors (Lipinski definition) is 0. The van der Waals surface area contributed by atoms with Gasteiger partial charge in [-0.3, -0.25) is 0 Å². The molecule has 276 valence electrons. The zero-order valence-electron chi connectivity index (χ0n) is 32.3. The van der Waals surface area contributed by atoms with Crippen molar-refractivity contribution in [3.05, 3.63) is 194 Å². The second-order valence-corrected chi connectivity index (χ2v) is 16.4. The van der Waals surface area contributed by atoms with Crippen molar-refractivity contribution >= 4 is 120 Å². The molecule has 0 radical (unpaired) electrons. The van der Waals surface area contributed by atoms with Gasteiger partial charge in [0.15, 0.2) is 0 Å². The lowest BCUT2D eigenvalue weighted by molar-refractivity contribution is 1.20. The Hall–Kier alpha value is -8.08. The van der Waals surface area contributed by atoms with Crippen LogP contribution in [0.4, 0.5) is 0 Å². The highest BCUT2D eigenvalue weighted by Gasteiger charge is 2.24. The molecule has 5 aromatic heterocycles. The molecule has 0 unspecified atom stereocenters. The van der Waals surface area contributed by atoms with E-state index in [0.717, 1.165) is 0 Å². The molecule has 4 nitrogen and oxygen atoms in total. The van der Waals surface area contributed by atoms with Crippen LogP contribution in [0, 0.1) is 0 Å². The van der Waals surface area contributed by atoms with E-state index >= 15 is 0 Å². The molecule has 0 saturated carbocycles. The highest BCUT2D eigenvalue weighted by molar-refractivity contribution is 6.30. The summed E-state index contributed by atoms with van der Waals surface area (Å²) in [6.07, 6.45) is 0. The fourth-order valence-electron chi connectivity index (χ4n) is 11.4. The number of fused-ring (bicyclic) bond motifs is 18. The molecule has 0 saturated heterocycles. The van der Waals surface area contributed by atoms with Crippen molar-refractivity contribution in [1.29, 1.82) is 0 Å². The third-order valence-electron chi connectivity index (χ3n) is 13.7. The summed E-state index contributed by atoms with van der Waals surface area (Å²) in [4.78, 5) is 0. The second-order valence-electron chi connectivity index (χ2n) is 16.4. The number of aromatic nitrogens is 4. The fourth-order valence-corrected chi connectivity index (χ4v) is 11.4. The largest absolute Gasteiger partial charge is 0.309 e. The van der Waals surface area contributed by atoms with E-state index in [-0.39, 0.29) is 0 Å². The molecule has 10 aromatic carbocycles. The molecule has 0 N–H and O–H groups in total. The molecule has 0 bridgehead atoms. The number of benzene rings is 10. The minimum absolute atomic E-state index is 1.20. The Bertz CT molecular complexity index is 3970. The van der Waals surface area contributed by atoms with E-state index in [1.807, 2.05) is 0 Å². The van der Waals surface area contributed by atoms with Gasteiger partial charge in [0.2, 0.25) is 0 Å². The Labute approximate surface area is 341 Å². The van der Waals surface area contributed by atoms with Crippen molar-refractivity contribution in [3.8, 4) is 11.4 Å². The summed E-state index contributed by atoms with van der Waals surface area (Å²) in [6, 6.07) is 72.1. The van der Waals surface area contributed by atoms with Gasteiger partial charge in [-0.15, -0.1) is 0 Å². The van der Waals surface area contributed by atoms with Crippen molar-refractivity contribution in [3.63, 3.8) is 0 Å². The van der Waals surface area contributed by atoms with Gasteiger partial charge in [0.1, 0.15) is 0 Å². The van der Waals surface area contributed by atoms with E-state index in [9.17, 15) is 0 Å². The first kappa shape index (κ1) is 31.0. The van der Waals surface area contributed by atoms with Crippen molar-refractivity contribution in [2.45, 2.75) is 0 Å². The smallest absolute Gasteiger partial charge is 0.0783 e. The zero-order valence-corrected chi connectivity index (χ0v) is 32.3. The van der Waals surface area contributed by atoms with Crippen molar-refractivity contribution in [2.75, 3.05) is 0 Å². The third kappa shape index (κ3) is 3.61. The van der Waals surface area contributed by atoms with Crippen molar-refractivity contribution < 1.29 is 0 Å². The van der Waals surface area contributed by atoms with Gasteiger partial charge in [-0.05, 0) is 71.4 Å². The summed E-state index contributed by atoms with van der Waals surface area (Å²) in [5, 5.41) is 15.2. The molecule has 60 heavy (non-hydrogen) atoms. The second kappa shape index (κ2) is 10.9. The van der Waals surface area contributed by atoms with Gasteiger partial charge in [-0.25, -0.2) is 0 Å². The van der Waals surface area contributed by atoms with E-state index in [1.54, 1.807) is 0 Å². The van der Waals surface area contributed by atoms with Crippen LogP contribution in [0.25, 0.3) is 131 Å². The number of para-hydroxylation sites is 6. The maximum atomic E-state index is 2.54. The lowest BCUT2D eigenvalue weighted by Gasteiger charge is -2.13. The van der Waals surface area contributed by atoms with E-state index in [0.29, 0.717) is 0 Å². The number of nitrogens with zero attached hydrogens (tertiary/aromatic N) is 4. The average molecular weight is 761 g/mol. The zero-order chi connectivity index (χ0) is 38.8. The predicted molar refractivity (Wildman–Crippen MR) is 253 cm³/mol. The van der Waals surface area contributed by atoms with Gasteiger partial charge >= 0.3 is 0 Å². The standard InChI is InChI=1S/C56H32N4/c1-5-21-43-33(13-1)34-14-2-6-22-44(34)57(43)47-25-9-17-39-37(47)29-31-49-53(39)41-19-11-27-51-55(41)59(49)52-28-12-20-42-54-40-18-10-26-48(38(40)30-32-50(54)60(51)56(42)52)58-45-23-7-3-15-35(45)36-16-4-8-24-46(36)58/h1-32H.